The summed E-state index contributed by atoms with van der Waals surface area (Å²) >= 11 is 1.68. The molecule has 1 aromatic heterocycles. The van der Waals surface area contributed by atoms with Crippen LogP contribution in [-0.2, 0) is 6.54 Å². The van der Waals surface area contributed by atoms with Crippen molar-refractivity contribution in [3.05, 3.63) is 41.4 Å². The number of hydrogen-bond donors (Lipinski definition) is 2. The third-order valence-corrected chi connectivity index (χ3v) is 4.89. The Balaban J connectivity index is 1.86. The van der Waals surface area contributed by atoms with E-state index in [0.717, 1.165) is 23.2 Å². The molecule has 0 saturated heterocycles. The lowest BCUT2D eigenvalue weighted by Crippen LogP contribution is -2.39. The Morgan fingerprint density at radius 3 is 2.57 bits per heavy atom. The molecule has 2 aromatic rings. The van der Waals surface area contributed by atoms with Crippen LogP contribution < -0.4 is 10.6 Å². The van der Waals surface area contributed by atoms with Gasteiger partial charge in [-0.3, -0.25) is 4.99 Å². The molecule has 0 aliphatic carbocycles. The highest BCUT2D eigenvalue weighted by molar-refractivity contribution is 7.13. The molecule has 0 atom stereocenters. The summed E-state index contributed by atoms with van der Waals surface area (Å²) in [5.74, 6) is 1.53. The predicted molar refractivity (Wildman–Crippen MR) is 99.8 cm³/mol. The summed E-state index contributed by atoms with van der Waals surface area (Å²) in [6.45, 7) is 6.10. The highest BCUT2D eigenvalue weighted by atomic mass is 32.1. The van der Waals surface area contributed by atoms with E-state index in [2.05, 4.69) is 52.0 Å². The largest absolute Gasteiger partial charge is 0.356 e. The van der Waals surface area contributed by atoms with Crippen molar-refractivity contribution in [1.29, 1.82) is 0 Å². The van der Waals surface area contributed by atoms with E-state index in [1.807, 2.05) is 18.2 Å². The van der Waals surface area contributed by atoms with E-state index in [1.165, 1.54) is 18.4 Å². The van der Waals surface area contributed by atoms with Gasteiger partial charge in [-0.15, -0.1) is 11.3 Å². The van der Waals surface area contributed by atoms with E-state index in [4.69, 9.17) is 0 Å². The first-order valence-electron chi connectivity index (χ1n) is 8.21. The molecule has 0 spiro atoms. The first-order chi connectivity index (χ1) is 11.3. The van der Waals surface area contributed by atoms with Crippen molar-refractivity contribution in [2.45, 2.75) is 33.2 Å². The van der Waals surface area contributed by atoms with E-state index in [0.29, 0.717) is 12.5 Å². The molecule has 0 amide bonds. The number of rotatable bonds is 7. The Bertz CT molecular complexity index is 602. The lowest BCUT2D eigenvalue weighted by atomic mass is 10.0. The number of nitrogens with one attached hydrogen (secondary N) is 2. The Kier molecular flexibility index (Phi) is 7.07. The average molecular weight is 331 g/mol. The van der Waals surface area contributed by atoms with Crippen molar-refractivity contribution in [2.24, 2.45) is 10.9 Å². The molecule has 4 nitrogen and oxygen atoms in total. The van der Waals surface area contributed by atoms with Crippen molar-refractivity contribution >= 4 is 17.3 Å². The lowest BCUT2D eigenvalue weighted by molar-refractivity contribution is 0.481. The fourth-order valence-electron chi connectivity index (χ4n) is 2.31. The van der Waals surface area contributed by atoms with Gasteiger partial charge in [0.1, 0.15) is 5.01 Å². The van der Waals surface area contributed by atoms with Crippen LogP contribution in [0.2, 0.25) is 0 Å². The molecule has 0 bridgehead atoms. The van der Waals surface area contributed by atoms with Crippen LogP contribution in [0.5, 0.6) is 0 Å². The fourth-order valence-corrected chi connectivity index (χ4v) is 3.14. The van der Waals surface area contributed by atoms with Crippen LogP contribution in [0, 0.1) is 5.92 Å². The van der Waals surface area contributed by atoms with Crippen molar-refractivity contribution in [3.8, 4) is 10.6 Å². The van der Waals surface area contributed by atoms with Gasteiger partial charge in [-0.2, -0.15) is 0 Å². The average Bonchev–Trinajstić information content (AvgIpc) is 3.08. The topological polar surface area (TPSA) is 49.3 Å². The number of thiazole rings is 1. The number of aliphatic imine (C=N–C) groups is 1. The second-order valence-corrected chi connectivity index (χ2v) is 6.36. The van der Waals surface area contributed by atoms with E-state index in [-0.39, 0.29) is 0 Å². The summed E-state index contributed by atoms with van der Waals surface area (Å²) in [5.41, 5.74) is 2.21. The van der Waals surface area contributed by atoms with Gasteiger partial charge in [0.15, 0.2) is 5.96 Å². The van der Waals surface area contributed by atoms with Gasteiger partial charge in [-0.25, -0.2) is 4.98 Å². The van der Waals surface area contributed by atoms with Crippen LogP contribution in [0.25, 0.3) is 10.6 Å². The molecule has 5 heteroatoms. The summed E-state index contributed by atoms with van der Waals surface area (Å²) in [6, 6.07) is 10.3. The first-order valence-corrected chi connectivity index (χ1v) is 9.09. The third kappa shape index (κ3) is 5.36. The zero-order valence-electron chi connectivity index (χ0n) is 14.2. The summed E-state index contributed by atoms with van der Waals surface area (Å²) in [5, 5.41) is 9.89. The van der Waals surface area contributed by atoms with Gasteiger partial charge in [0.05, 0.1) is 12.2 Å². The van der Waals surface area contributed by atoms with Crippen LogP contribution >= 0.6 is 11.3 Å². The van der Waals surface area contributed by atoms with Crippen LogP contribution in [-0.4, -0.2) is 24.5 Å². The number of aromatic nitrogens is 1. The molecule has 0 radical (unpaired) electrons. The molecule has 0 saturated carbocycles. The zero-order chi connectivity index (χ0) is 16.5. The van der Waals surface area contributed by atoms with Crippen LogP contribution in [0.3, 0.4) is 0 Å². The Labute approximate surface area is 143 Å². The SMILES string of the molecule is CCC(CC)CNC(=NC)NCc1csc(-c2ccccc2)n1. The van der Waals surface area contributed by atoms with Gasteiger partial charge in [0.2, 0.25) is 0 Å². The zero-order valence-corrected chi connectivity index (χ0v) is 15.0. The summed E-state index contributed by atoms with van der Waals surface area (Å²) < 4.78 is 0. The lowest BCUT2D eigenvalue weighted by Gasteiger charge is -2.16. The molecule has 0 unspecified atom stereocenters. The first kappa shape index (κ1) is 17.5. The summed E-state index contributed by atoms with van der Waals surface area (Å²) in [6.07, 6.45) is 2.38. The van der Waals surface area contributed by atoms with Crippen LogP contribution in [0.15, 0.2) is 40.7 Å². The van der Waals surface area contributed by atoms with Crippen molar-refractivity contribution < 1.29 is 0 Å². The molecular formula is C18H26N4S. The number of hydrogen-bond acceptors (Lipinski definition) is 3. The molecule has 2 rings (SSSR count). The van der Waals surface area contributed by atoms with Crippen molar-refractivity contribution in [1.82, 2.24) is 15.6 Å². The molecule has 2 N–H and O–H groups in total. The van der Waals surface area contributed by atoms with Gasteiger partial charge in [0.25, 0.3) is 0 Å². The van der Waals surface area contributed by atoms with E-state index < -0.39 is 0 Å². The monoisotopic (exact) mass is 330 g/mol. The summed E-state index contributed by atoms with van der Waals surface area (Å²) in [4.78, 5) is 8.97. The molecule has 0 fully saturated rings. The summed E-state index contributed by atoms with van der Waals surface area (Å²) in [7, 11) is 1.80. The van der Waals surface area contributed by atoms with Gasteiger partial charge >= 0.3 is 0 Å². The molecule has 124 valence electrons. The maximum atomic E-state index is 4.69. The standard InChI is InChI=1S/C18H26N4S/c1-4-14(5-2)11-20-18(19-3)21-12-16-13-23-17(22-16)15-9-7-6-8-10-15/h6-10,13-14H,4-5,11-12H2,1-3H3,(H2,19,20,21). The number of nitrogens with zero attached hydrogens (tertiary/aromatic N) is 2. The van der Waals surface area contributed by atoms with Gasteiger partial charge in [0, 0.05) is 24.5 Å². The van der Waals surface area contributed by atoms with Gasteiger partial charge in [-0.05, 0) is 5.92 Å². The molecule has 1 heterocycles. The highest BCUT2D eigenvalue weighted by Gasteiger charge is 2.07. The van der Waals surface area contributed by atoms with Crippen LogP contribution in [0.4, 0.5) is 0 Å². The second-order valence-electron chi connectivity index (χ2n) is 5.50. The van der Waals surface area contributed by atoms with Gasteiger partial charge in [-0.1, -0.05) is 57.0 Å². The molecule has 23 heavy (non-hydrogen) atoms. The third-order valence-electron chi connectivity index (χ3n) is 3.95. The molecule has 0 aliphatic rings. The number of benzene rings is 1. The van der Waals surface area contributed by atoms with Crippen molar-refractivity contribution in [3.63, 3.8) is 0 Å². The molecule has 1 aromatic carbocycles. The van der Waals surface area contributed by atoms with Crippen molar-refractivity contribution in [2.75, 3.05) is 13.6 Å². The normalized spacial score (nSPS) is 11.7. The Morgan fingerprint density at radius 1 is 1.17 bits per heavy atom. The Morgan fingerprint density at radius 2 is 1.91 bits per heavy atom. The molecular weight excluding hydrogens is 304 g/mol. The quantitative estimate of drug-likeness (QED) is 0.598. The fraction of sp³-hybridized carbons (Fsp3) is 0.444. The van der Waals surface area contributed by atoms with E-state index >= 15 is 0 Å². The smallest absolute Gasteiger partial charge is 0.191 e. The predicted octanol–water partition coefficient (Wildman–Crippen LogP) is 3.91. The van der Waals surface area contributed by atoms with E-state index in [1.54, 1.807) is 18.4 Å². The molecule has 0 aliphatic heterocycles. The maximum Gasteiger partial charge on any atom is 0.191 e. The minimum Gasteiger partial charge on any atom is -0.356 e. The minimum absolute atomic E-state index is 0.686. The maximum absolute atomic E-state index is 4.69. The van der Waals surface area contributed by atoms with E-state index in [9.17, 15) is 0 Å². The highest BCUT2D eigenvalue weighted by Crippen LogP contribution is 2.23. The minimum atomic E-state index is 0.686. The Hall–Kier alpha value is -1.88. The van der Waals surface area contributed by atoms with Crippen LogP contribution in [0.1, 0.15) is 32.4 Å². The second kappa shape index (κ2) is 9.30. The number of guanidine groups is 1. The van der Waals surface area contributed by atoms with Gasteiger partial charge < -0.3 is 10.6 Å².